The average molecular weight is 439 g/mol. The van der Waals surface area contributed by atoms with Gasteiger partial charge in [-0.1, -0.05) is 0 Å². The third kappa shape index (κ3) is 5.19. The molecule has 9 heteroatoms. The first-order valence-corrected chi connectivity index (χ1v) is 10.7. The Labute approximate surface area is 183 Å². The zero-order valence-corrected chi connectivity index (χ0v) is 17.8. The second kappa shape index (κ2) is 9.59. The zero-order valence-electron chi connectivity index (χ0n) is 17.0. The largest absolute Gasteiger partial charge is 0.497 e. The maximum absolute atomic E-state index is 12.5. The molecule has 0 atom stereocenters. The number of methoxy groups -OCH3 is 1. The first-order valence-electron chi connectivity index (χ1n) is 9.77. The third-order valence-corrected chi connectivity index (χ3v) is 5.57. The lowest BCUT2D eigenvalue weighted by molar-refractivity contribution is 0.101. The number of rotatable bonds is 6. The number of aromatic nitrogens is 1. The van der Waals surface area contributed by atoms with Gasteiger partial charge in [0.1, 0.15) is 11.4 Å². The van der Waals surface area contributed by atoms with Crippen LogP contribution in [-0.2, 0) is 4.74 Å². The number of benzene rings is 2. The molecule has 31 heavy (non-hydrogen) atoms. The van der Waals surface area contributed by atoms with E-state index in [9.17, 15) is 9.59 Å². The second-order valence-electron chi connectivity index (χ2n) is 6.82. The molecule has 1 aliphatic heterocycles. The van der Waals surface area contributed by atoms with Crippen molar-refractivity contribution in [3.8, 4) is 5.75 Å². The van der Waals surface area contributed by atoms with Crippen LogP contribution in [0.1, 0.15) is 20.8 Å². The van der Waals surface area contributed by atoms with Gasteiger partial charge in [0.05, 0.1) is 20.3 Å². The van der Waals surface area contributed by atoms with Crippen LogP contribution in [0.2, 0.25) is 0 Å². The quantitative estimate of drug-likeness (QED) is 0.612. The molecule has 0 radical (unpaired) electrons. The fourth-order valence-electron chi connectivity index (χ4n) is 3.12. The summed E-state index contributed by atoms with van der Waals surface area (Å²) in [6.45, 7) is 3.16. The monoisotopic (exact) mass is 438 g/mol. The first-order chi connectivity index (χ1) is 15.1. The molecule has 0 aliphatic carbocycles. The number of hydrogen-bond acceptors (Lipinski definition) is 7. The summed E-state index contributed by atoms with van der Waals surface area (Å²) in [7, 11) is 1.57. The minimum Gasteiger partial charge on any atom is -0.497 e. The molecule has 0 spiro atoms. The van der Waals surface area contributed by atoms with E-state index >= 15 is 0 Å². The Bertz CT molecular complexity index is 1040. The molecule has 3 aromatic rings. The Kier molecular flexibility index (Phi) is 6.44. The normalized spacial score (nSPS) is 13.5. The molecule has 8 nitrogen and oxygen atoms in total. The minimum absolute atomic E-state index is 0.243. The third-order valence-electron chi connectivity index (χ3n) is 4.81. The van der Waals surface area contributed by atoms with Crippen molar-refractivity contribution in [2.45, 2.75) is 0 Å². The van der Waals surface area contributed by atoms with Crippen molar-refractivity contribution in [2.24, 2.45) is 0 Å². The maximum atomic E-state index is 12.5. The van der Waals surface area contributed by atoms with Gasteiger partial charge in [0.25, 0.3) is 11.8 Å². The number of nitrogens with one attached hydrogen (secondary N) is 2. The van der Waals surface area contributed by atoms with E-state index in [1.807, 2.05) is 24.3 Å². The Balaban J connectivity index is 1.34. The summed E-state index contributed by atoms with van der Waals surface area (Å²) >= 11 is 1.19. The first kappa shape index (κ1) is 20.8. The molecular weight excluding hydrogens is 416 g/mol. The predicted molar refractivity (Wildman–Crippen MR) is 120 cm³/mol. The van der Waals surface area contributed by atoms with E-state index in [2.05, 4.69) is 20.5 Å². The van der Waals surface area contributed by atoms with Crippen LogP contribution >= 0.6 is 11.3 Å². The van der Waals surface area contributed by atoms with E-state index in [0.717, 1.165) is 32.0 Å². The molecular formula is C22H22N4O4S. The van der Waals surface area contributed by atoms with Crippen LogP contribution in [0.15, 0.2) is 53.9 Å². The summed E-state index contributed by atoms with van der Waals surface area (Å²) in [6.07, 6.45) is 0. The highest BCUT2D eigenvalue weighted by Crippen LogP contribution is 2.21. The Hall–Kier alpha value is -3.43. The minimum atomic E-state index is -0.333. The summed E-state index contributed by atoms with van der Waals surface area (Å²) in [4.78, 5) is 31.3. The van der Waals surface area contributed by atoms with Gasteiger partial charge in [-0.25, -0.2) is 4.98 Å². The van der Waals surface area contributed by atoms with Crippen molar-refractivity contribution in [1.29, 1.82) is 0 Å². The predicted octanol–water partition coefficient (Wildman–Crippen LogP) is 3.49. The molecule has 1 saturated heterocycles. The number of nitrogens with zero attached hydrogens (tertiary/aromatic N) is 2. The zero-order chi connectivity index (χ0) is 21.6. The van der Waals surface area contributed by atoms with Gasteiger partial charge in [-0.05, 0) is 48.5 Å². The number of anilines is 3. The molecule has 0 unspecified atom stereocenters. The number of carbonyl (C=O) groups is 2. The molecule has 2 heterocycles. The summed E-state index contributed by atoms with van der Waals surface area (Å²) in [6, 6.07) is 14.4. The van der Waals surface area contributed by atoms with Gasteiger partial charge in [0.15, 0.2) is 5.13 Å². The summed E-state index contributed by atoms with van der Waals surface area (Å²) in [5, 5.41) is 7.51. The maximum Gasteiger partial charge on any atom is 0.275 e. The number of ether oxygens (including phenoxy) is 2. The van der Waals surface area contributed by atoms with Gasteiger partial charge in [-0.3, -0.25) is 14.9 Å². The number of hydrogen-bond donors (Lipinski definition) is 2. The lowest BCUT2D eigenvalue weighted by atomic mass is 10.2. The highest BCUT2D eigenvalue weighted by atomic mass is 32.1. The summed E-state index contributed by atoms with van der Waals surface area (Å²) < 4.78 is 10.5. The van der Waals surface area contributed by atoms with E-state index in [1.165, 1.54) is 11.3 Å². The van der Waals surface area contributed by atoms with E-state index in [1.54, 1.807) is 36.8 Å². The topological polar surface area (TPSA) is 92.8 Å². The van der Waals surface area contributed by atoms with Crippen molar-refractivity contribution >= 4 is 39.7 Å². The van der Waals surface area contributed by atoms with Crippen LogP contribution in [0.4, 0.5) is 16.5 Å². The van der Waals surface area contributed by atoms with Crippen LogP contribution in [0.3, 0.4) is 0 Å². The van der Waals surface area contributed by atoms with Crippen molar-refractivity contribution < 1.29 is 19.1 Å². The van der Waals surface area contributed by atoms with E-state index in [0.29, 0.717) is 22.1 Å². The lowest BCUT2D eigenvalue weighted by Crippen LogP contribution is -2.36. The second-order valence-corrected chi connectivity index (χ2v) is 7.68. The van der Waals surface area contributed by atoms with Crippen molar-refractivity contribution in [3.63, 3.8) is 0 Å². The van der Waals surface area contributed by atoms with Crippen molar-refractivity contribution in [3.05, 3.63) is 65.2 Å². The molecule has 1 aliphatic rings. The van der Waals surface area contributed by atoms with E-state index in [4.69, 9.17) is 9.47 Å². The van der Waals surface area contributed by atoms with Gasteiger partial charge in [-0.2, -0.15) is 0 Å². The smallest absolute Gasteiger partial charge is 0.275 e. The molecule has 1 fully saturated rings. The molecule has 2 aromatic carbocycles. The number of thiazole rings is 1. The molecule has 0 saturated carbocycles. The van der Waals surface area contributed by atoms with Crippen LogP contribution < -0.4 is 20.3 Å². The molecule has 1 aromatic heterocycles. The lowest BCUT2D eigenvalue weighted by Gasteiger charge is -2.28. The number of carbonyl (C=O) groups excluding carboxylic acids is 2. The van der Waals surface area contributed by atoms with Gasteiger partial charge < -0.3 is 19.7 Å². The molecule has 160 valence electrons. The fraction of sp³-hybridized carbons (Fsp3) is 0.227. The van der Waals surface area contributed by atoms with Crippen LogP contribution in [-0.4, -0.2) is 50.2 Å². The Morgan fingerprint density at radius 1 is 1.00 bits per heavy atom. The van der Waals surface area contributed by atoms with Crippen molar-refractivity contribution in [2.75, 3.05) is 48.9 Å². The number of amides is 2. The standard InChI is InChI=1S/C22H22N4O4S/c1-29-18-8-2-15(3-9-18)20(27)25-22-24-19(14-31-22)21(28)23-16-4-6-17(7-5-16)26-10-12-30-13-11-26/h2-9,14H,10-13H2,1H3,(H,23,28)(H,24,25,27). The van der Waals surface area contributed by atoms with Crippen LogP contribution in [0, 0.1) is 0 Å². The molecule has 2 amide bonds. The number of morpholine rings is 1. The average Bonchev–Trinajstić information content (AvgIpc) is 3.29. The van der Waals surface area contributed by atoms with Crippen LogP contribution in [0.25, 0.3) is 0 Å². The Morgan fingerprint density at radius 2 is 1.71 bits per heavy atom. The SMILES string of the molecule is COc1ccc(C(=O)Nc2nc(C(=O)Nc3ccc(N4CCOCC4)cc3)cs2)cc1. The van der Waals surface area contributed by atoms with E-state index in [-0.39, 0.29) is 17.5 Å². The molecule has 0 bridgehead atoms. The van der Waals surface area contributed by atoms with Crippen molar-refractivity contribution in [1.82, 2.24) is 4.98 Å². The Morgan fingerprint density at radius 3 is 2.39 bits per heavy atom. The van der Waals surface area contributed by atoms with E-state index < -0.39 is 0 Å². The summed E-state index contributed by atoms with van der Waals surface area (Å²) in [5.74, 6) is 0.0331. The summed E-state index contributed by atoms with van der Waals surface area (Å²) in [5.41, 5.74) is 2.49. The van der Waals surface area contributed by atoms with Gasteiger partial charge >= 0.3 is 0 Å². The van der Waals surface area contributed by atoms with Gasteiger partial charge in [-0.15, -0.1) is 11.3 Å². The van der Waals surface area contributed by atoms with Crippen LogP contribution in [0.5, 0.6) is 5.75 Å². The molecule has 2 N–H and O–H groups in total. The highest BCUT2D eigenvalue weighted by molar-refractivity contribution is 7.14. The molecule has 4 rings (SSSR count). The fourth-order valence-corrected chi connectivity index (χ4v) is 3.81. The van der Waals surface area contributed by atoms with Gasteiger partial charge in [0, 0.05) is 35.4 Å². The highest BCUT2D eigenvalue weighted by Gasteiger charge is 2.15. The van der Waals surface area contributed by atoms with Gasteiger partial charge in [0.2, 0.25) is 0 Å².